The Labute approximate surface area is 90.5 Å². The van der Waals surface area contributed by atoms with Crippen molar-refractivity contribution in [2.75, 3.05) is 0 Å². The second-order valence-electron chi connectivity index (χ2n) is 4.80. The fourth-order valence-corrected chi connectivity index (χ4v) is 2.19. The van der Waals surface area contributed by atoms with E-state index in [1.807, 2.05) is 6.92 Å². The van der Waals surface area contributed by atoms with E-state index in [4.69, 9.17) is 0 Å². The van der Waals surface area contributed by atoms with E-state index in [2.05, 4.69) is 29.9 Å². The normalized spacial score (nSPS) is 18.6. The minimum Gasteiger partial charge on any atom is -0.345 e. The maximum absolute atomic E-state index is 9.22. The molecule has 1 aromatic heterocycles. The largest absolute Gasteiger partial charge is 0.345 e. The van der Waals surface area contributed by atoms with Crippen molar-refractivity contribution in [3.05, 3.63) is 17.2 Å². The number of aromatic amines is 1. The number of rotatable bonds is 2. The molecule has 1 aromatic rings. The number of H-pyrrole nitrogens is 1. The quantitative estimate of drug-likeness (QED) is 0.803. The molecule has 0 spiro atoms. The Balaban J connectivity index is 2.38. The maximum Gasteiger partial charge on any atom is 0.127 e. The van der Waals surface area contributed by atoms with Gasteiger partial charge in [-0.25, -0.2) is 4.98 Å². The molecular weight excluding hydrogens is 186 g/mol. The number of nitriles is 1. The third-order valence-electron chi connectivity index (χ3n) is 3.34. The molecule has 0 bridgehead atoms. The van der Waals surface area contributed by atoms with Crippen molar-refractivity contribution in [3.8, 4) is 6.07 Å². The van der Waals surface area contributed by atoms with Crippen molar-refractivity contribution >= 4 is 0 Å². The van der Waals surface area contributed by atoms with Crippen LogP contribution in [-0.2, 0) is 5.41 Å². The van der Waals surface area contributed by atoms with E-state index in [9.17, 15) is 5.26 Å². The molecule has 0 radical (unpaired) electrons. The molecule has 1 N–H and O–H groups in total. The van der Waals surface area contributed by atoms with Crippen molar-refractivity contribution in [3.63, 3.8) is 0 Å². The lowest BCUT2D eigenvalue weighted by Crippen LogP contribution is -2.33. The van der Waals surface area contributed by atoms with Crippen molar-refractivity contribution < 1.29 is 0 Å². The van der Waals surface area contributed by atoms with E-state index in [0.29, 0.717) is 5.92 Å². The molecule has 0 saturated heterocycles. The van der Waals surface area contributed by atoms with Gasteiger partial charge in [0, 0.05) is 5.69 Å². The Hall–Kier alpha value is -1.30. The van der Waals surface area contributed by atoms with E-state index in [1.165, 1.54) is 0 Å². The first-order valence-corrected chi connectivity index (χ1v) is 5.57. The molecule has 1 fully saturated rings. The zero-order chi connectivity index (χ0) is 11.1. The first-order chi connectivity index (χ1) is 7.09. The fourth-order valence-electron chi connectivity index (χ4n) is 2.19. The van der Waals surface area contributed by atoms with Crippen molar-refractivity contribution in [2.24, 2.45) is 0 Å². The highest BCUT2D eigenvalue weighted by Crippen LogP contribution is 2.42. The molecule has 0 amide bonds. The highest BCUT2D eigenvalue weighted by Gasteiger charge is 2.42. The smallest absolute Gasteiger partial charge is 0.127 e. The summed E-state index contributed by atoms with van der Waals surface area (Å²) in [5.41, 5.74) is 1.91. The molecule has 3 nitrogen and oxygen atoms in total. The highest BCUT2D eigenvalue weighted by molar-refractivity contribution is 5.29. The predicted octanol–water partition coefficient (Wildman–Crippen LogP) is 2.79. The van der Waals surface area contributed by atoms with Crippen LogP contribution >= 0.6 is 0 Å². The van der Waals surface area contributed by atoms with Gasteiger partial charge in [-0.1, -0.05) is 13.8 Å². The van der Waals surface area contributed by atoms with Crippen LogP contribution in [0, 0.1) is 18.3 Å². The van der Waals surface area contributed by atoms with Crippen LogP contribution in [0.2, 0.25) is 0 Å². The van der Waals surface area contributed by atoms with Gasteiger partial charge < -0.3 is 4.98 Å². The summed E-state index contributed by atoms with van der Waals surface area (Å²) in [6.07, 6.45) is 3.05. The van der Waals surface area contributed by atoms with Crippen molar-refractivity contribution in [2.45, 2.75) is 51.4 Å². The average molecular weight is 203 g/mol. The zero-order valence-corrected chi connectivity index (χ0v) is 9.59. The van der Waals surface area contributed by atoms with E-state index in [0.717, 1.165) is 36.5 Å². The SMILES string of the molecule is Cc1[nH]c(C2(C#N)CCC2)nc1C(C)C. The lowest BCUT2D eigenvalue weighted by molar-refractivity contribution is 0.308. The minimum absolute atomic E-state index is 0.308. The molecule has 1 aliphatic rings. The van der Waals surface area contributed by atoms with E-state index in [1.54, 1.807) is 0 Å². The number of nitrogens with zero attached hydrogens (tertiary/aromatic N) is 2. The minimum atomic E-state index is -0.308. The van der Waals surface area contributed by atoms with Crippen LogP contribution in [0.4, 0.5) is 0 Å². The van der Waals surface area contributed by atoms with Gasteiger partial charge in [-0.3, -0.25) is 0 Å². The van der Waals surface area contributed by atoms with Gasteiger partial charge in [0.25, 0.3) is 0 Å². The van der Waals surface area contributed by atoms with Crippen LogP contribution in [0.15, 0.2) is 0 Å². The maximum atomic E-state index is 9.22. The molecule has 1 saturated carbocycles. The van der Waals surface area contributed by atoms with Gasteiger partial charge in [0.2, 0.25) is 0 Å². The van der Waals surface area contributed by atoms with Crippen LogP contribution in [0.1, 0.15) is 56.2 Å². The van der Waals surface area contributed by atoms with Crippen LogP contribution in [0.5, 0.6) is 0 Å². The molecule has 0 unspecified atom stereocenters. The van der Waals surface area contributed by atoms with Gasteiger partial charge in [-0.15, -0.1) is 0 Å². The third kappa shape index (κ3) is 1.45. The first kappa shape index (κ1) is 10.2. The molecule has 1 heterocycles. The lowest BCUT2D eigenvalue weighted by Gasteiger charge is -2.32. The molecule has 1 aliphatic carbocycles. The second kappa shape index (κ2) is 3.37. The fraction of sp³-hybridized carbons (Fsp3) is 0.667. The topological polar surface area (TPSA) is 52.5 Å². The van der Waals surface area contributed by atoms with Gasteiger partial charge in [-0.2, -0.15) is 5.26 Å². The molecule has 80 valence electrons. The summed E-state index contributed by atoms with van der Waals surface area (Å²) in [4.78, 5) is 7.88. The first-order valence-electron chi connectivity index (χ1n) is 5.57. The van der Waals surface area contributed by atoms with Gasteiger partial charge in [-0.05, 0) is 32.1 Å². The van der Waals surface area contributed by atoms with Gasteiger partial charge in [0.05, 0.1) is 11.8 Å². The third-order valence-corrected chi connectivity index (χ3v) is 3.34. The molecule has 0 aliphatic heterocycles. The number of aryl methyl sites for hydroxylation is 1. The van der Waals surface area contributed by atoms with Gasteiger partial charge >= 0.3 is 0 Å². The number of aromatic nitrogens is 2. The zero-order valence-electron chi connectivity index (χ0n) is 9.59. The molecule has 0 atom stereocenters. The Kier molecular flexibility index (Phi) is 2.30. The predicted molar refractivity (Wildman–Crippen MR) is 58.6 cm³/mol. The Morgan fingerprint density at radius 1 is 1.47 bits per heavy atom. The molecular formula is C12H17N3. The average Bonchev–Trinajstić information content (AvgIpc) is 2.47. The molecule has 15 heavy (non-hydrogen) atoms. The number of nitrogens with one attached hydrogen (secondary N) is 1. The monoisotopic (exact) mass is 203 g/mol. The van der Waals surface area contributed by atoms with Crippen LogP contribution in [-0.4, -0.2) is 9.97 Å². The summed E-state index contributed by atoms with van der Waals surface area (Å²) >= 11 is 0. The highest BCUT2D eigenvalue weighted by atomic mass is 15.0. The molecule has 0 aromatic carbocycles. The van der Waals surface area contributed by atoms with Gasteiger partial charge in [0.1, 0.15) is 11.2 Å². The summed E-state index contributed by atoms with van der Waals surface area (Å²) in [5.74, 6) is 1.31. The number of imidazole rings is 1. The summed E-state index contributed by atoms with van der Waals surface area (Å²) in [6.45, 7) is 6.30. The summed E-state index contributed by atoms with van der Waals surface area (Å²) in [5, 5.41) is 9.22. The molecule has 3 heteroatoms. The van der Waals surface area contributed by atoms with Gasteiger partial charge in [0.15, 0.2) is 0 Å². The second-order valence-corrected chi connectivity index (χ2v) is 4.80. The number of hydrogen-bond acceptors (Lipinski definition) is 2. The summed E-state index contributed by atoms with van der Waals surface area (Å²) in [7, 11) is 0. The Morgan fingerprint density at radius 2 is 2.13 bits per heavy atom. The Morgan fingerprint density at radius 3 is 2.47 bits per heavy atom. The van der Waals surface area contributed by atoms with E-state index in [-0.39, 0.29) is 5.41 Å². The summed E-state index contributed by atoms with van der Waals surface area (Å²) in [6, 6.07) is 2.42. The lowest BCUT2D eigenvalue weighted by atomic mass is 9.69. The molecule has 2 rings (SSSR count). The Bertz CT molecular complexity index is 405. The van der Waals surface area contributed by atoms with Crippen LogP contribution in [0.3, 0.4) is 0 Å². The van der Waals surface area contributed by atoms with Crippen LogP contribution < -0.4 is 0 Å². The number of hydrogen-bond donors (Lipinski definition) is 1. The summed E-state index contributed by atoms with van der Waals surface area (Å²) < 4.78 is 0. The standard InChI is InChI=1S/C12H17N3/c1-8(2)10-9(3)14-11(15-10)12(7-13)5-4-6-12/h8H,4-6H2,1-3H3,(H,14,15). The van der Waals surface area contributed by atoms with Crippen LogP contribution in [0.25, 0.3) is 0 Å². The van der Waals surface area contributed by atoms with E-state index >= 15 is 0 Å². The van der Waals surface area contributed by atoms with Crippen molar-refractivity contribution in [1.82, 2.24) is 9.97 Å². The van der Waals surface area contributed by atoms with E-state index < -0.39 is 0 Å². The van der Waals surface area contributed by atoms with Crippen molar-refractivity contribution in [1.29, 1.82) is 5.26 Å².